The minimum atomic E-state index is -4.15. The summed E-state index contributed by atoms with van der Waals surface area (Å²) in [7, 11) is -4.15. The minimum absolute atomic E-state index is 0. The summed E-state index contributed by atoms with van der Waals surface area (Å²) in [6.45, 7) is 16.0. The van der Waals surface area contributed by atoms with E-state index in [4.69, 9.17) is 5.11 Å². The molecule has 0 aromatic carbocycles. The molecule has 0 rings (SSSR count). The fraction of sp³-hybridized carbons (Fsp3) is 0.312. The van der Waals surface area contributed by atoms with Crippen molar-refractivity contribution in [3.8, 4) is 0 Å². The first-order valence-electron chi connectivity index (χ1n) is 6.92. The molecule has 9 nitrogen and oxygen atoms in total. The van der Waals surface area contributed by atoms with Crippen molar-refractivity contribution in [3.05, 3.63) is 50.1 Å². The molecule has 0 aliphatic rings. The second-order valence-corrected chi connectivity index (χ2v) is 5.02. The molecule has 150 valence electrons. The maximum Gasteiger partial charge on any atom is 1.00 e. The van der Waals surface area contributed by atoms with Gasteiger partial charge in [-0.3, -0.25) is 4.79 Å². The minimum Gasteiger partial charge on any atom is -0.745 e. The van der Waals surface area contributed by atoms with Gasteiger partial charge in [-0.2, -0.15) is 0 Å². The Balaban J connectivity index is -0.0000000808. The van der Waals surface area contributed by atoms with Crippen LogP contribution in [0.4, 0.5) is 0 Å². The van der Waals surface area contributed by atoms with Crippen molar-refractivity contribution in [2.24, 2.45) is 0 Å². The van der Waals surface area contributed by atoms with Crippen LogP contribution in [0.5, 0.6) is 0 Å². The van der Waals surface area contributed by atoms with Crippen molar-refractivity contribution in [2.75, 3.05) is 6.61 Å². The second kappa shape index (κ2) is 26.5. The Morgan fingerprint density at radius 3 is 1.67 bits per heavy atom. The summed E-state index contributed by atoms with van der Waals surface area (Å²) in [5.41, 5.74) is 0. The van der Waals surface area contributed by atoms with E-state index in [9.17, 15) is 27.4 Å². The van der Waals surface area contributed by atoms with Crippen molar-refractivity contribution in [2.45, 2.75) is 26.7 Å². The van der Waals surface area contributed by atoms with Gasteiger partial charge in [0.25, 0.3) is 0 Å². The van der Waals surface area contributed by atoms with Crippen LogP contribution in [0.3, 0.4) is 0 Å². The summed E-state index contributed by atoms with van der Waals surface area (Å²) in [6, 6.07) is 0. The average molecular weight is 416 g/mol. The largest absolute Gasteiger partial charge is 1.00 e. The SMILES string of the molecule is C=CC(=O)O.C=CC(=O)OCCCC.C=COC(C)=O.C=CS(=O)(=O)[O-].[Na+]. The van der Waals surface area contributed by atoms with E-state index in [1.165, 1.54) is 13.0 Å². The van der Waals surface area contributed by atoms with Gasteiger partial charge in [0, 0.05) is 24.5 Å². The molecule has 27 heavy (non-hydrogen) atoms. The van der Waals surface area contributed by atoms with Gasteiger partial charge in [-0.1, -0.05) is 39.7 Å². The van der Waals surface area contributed by atoms with E-state index in [1.54, 1.807) is 0 Å². The Kier molecular flexibility index (Phi) is 35.6. The molecule has 0 aromatic rings. The molecule has 0 amide bonds. The number of esters is 2. The predicted molar refractivity (Wildman–Crippen MR) is 95.8 cm³/mol. The van der Waals surface area contributed by atoms with E-state index in [2.05, 4.69) is 35.8 Å². The Hall–Kier alpha value is -1.72. The van der Waals surface area contributed by atoms with Crippen molar-refractivity contribution < 1.29 is 71.5 Å². The van der Waals surface area contributed by atoms with Crippen molar-refractivity contribution in [3.63, 3.8) is 0 Å². The Morgan fingerprint density at radius 1 is 1.11 bits per heavy atom. The molecule has 0 saturated carbocycles. The van der Waals surface area contributed by atoms with Crippen LogP contribution in [-0.4, -0.2) is 42.6 Å². The van der Waals surface area contributed by atoms with Crippen LogP contribution in [-0.2, 0) is 34.0 Å². The number of carbonyl (C=O) groups excluding carboxylic acids is 2. The van der Waals surface area contributed by atoms with E-state index < -0.39 is 16.1 Å². The van der Waals surface area contributed by atoms with E-state index in [-0.39, 0.29) is 41.5 Å². The molecule has 0 radical (unpaired) electrons. The molecular formula is C16H25NaO9S. The van der Waals surface area contributed by atoms with Gasteiger partial charge in [-0.05, 0) is 6.42 Å². The van der Waals surface area contributed by atoms with Crippen molar-refractivity contribution in [1.82, 2.24) is 0 Å². The van der Waals surface area contributed by atoms with Gasteiger partial charge in [0.05, 0.1) is 12.9 Å². The number of aliphatic carboxylic acids is 1. The van der Waals surface area contributed by atoms with Crippen LogP contribution in [0.2, 0.25) is 0 Å². The van der Waals surface area contributed by atoms with Gasteiger partial charge in [0.1, 0.15) is 10.1 Å². The van der Waals surface area contributed by atoms with Crippen LogP contribution in [0.1, 0.15) is 26.7 Å². The zero-order valence-electron chi connectivity index (χ0n) is 15.9. The topological polar surface area (TPSA) is 147 Å². The van der Waals surface area contributed by atoms with Crippen LogP contribution < -0.4 is 29.6 Å². The first kappa shape index (κ1) is 36.2. The van der Waals surface area contributed by atoms with E-state index in [0.29, 0.717) is 12.0 Å². The summed E-state index contributed by atoms with van der Waals surface area (Å²) >= 11 is 0. The molecule has 0 aliphatic carbocycles. The zero-order valence-corrected chi connectivity index (χ0v) is 18.7. The van der Waals surface area contributed by atoms with Crippen LogP contribution in [0.15, 0.2) is 50.1 Å². The number of hydrogen-bond acceptors (Lipinski definition) is 8. The summed E-state index contributed by atoms with van der Waals surface area (Å²) in [5, 5.41) is 7.96. The summed E-state index contributed by atoms with van der Waals surface area (Å²) < 4.78 is 36.8. The number of unbranched alkanes of at least 4 members (excludes halogenated alkanes) is 1. The van der Waals surface area contributed by atoms with Gasteiger partial charge in [0.15, 0.2) is 0 Å². The smallest absolute Gasteiger partial charge is 0.745 e. The first-order valence-corrected chi connectivity index (χ1v) is 8.39. The Morgan fingerprint density at radius 2 is 1.52 bits per heavy atom. The van der Waals surface area contributed by atoms with Gasteiger partial charge in [-0.25, -0.2) is 18.0 Å². The third-order valence-electron chi connectivity index (χ3n) is 1.54. The zero-order chi connectivity index (χ0) is 21.6. The number of ether oxygens (including phenoxy) is 2. The molecule has 0 atom stereocenters. The maximum absolute atomic E-state index is 10.3. The molecule has 1 N–H and O–H groups in total. The normalized spacial score (nSPS) is 7.96. The first-order chi connectivity index (χ1) is 11.9. The molecule has 0 saturated heterocycles. The van der Waals surface area contributed by atoms with Gasteiger partial charge in [0.2, 0.25) is 0 Å². The van der Waals surface area contributed by atoms with Crippen LogP contribution in [0.25, 0.3) is 0 Å². The average Bonchev–Trinajstić information content (AvgIpc) is 2.55. The molecule has 0 spiro atoms. The molecular weight excluding hydrogens is 391 g/mol. The Labute approximate surface area is 182 Å². The van der Waals surface area contributed by atoms with Crippen LogP contribution in [0, 0.1) is 0 Å². The third kappa shape index (κ3) is 68.3. The quantitative estimate of drug-likeness (QED) is 0.140. The number of rotatable bonds is 7. The fourth-order valence-electron chi connectivity index (χ4n) is 0.493. The van der Waals surface area contributed by atoms with E-state index >= 15 is 0 Å². The molecule has 0 aromatic heterocycles. The fourth-order valence-corrected chi connectivity index (χ4v) is 0.493. The third-order valence-corrected chi connectivity index (χ3v) is 1.95. The molecule has 0 unspecified atom stereocenters. The number of carbonyl (C=O) groups is 3. The summed E-state index contributed by atoms with van der Waals surface area (Å²) in [4.78, 5) is 29.3. The van der Waals surface area contributed by atoms with Crippen LogP contribution >= 0.6 is 0 Å². The van der Waals surface area contributed by atoms with E-state index in [1.807, 2.05) is 6.92 Å². The van der Waals surface area contributed by atoms with Crippen molar-refractivity contribution in [1.29, 1.82) is 0 Å². The summed E-state index contributed by atoms with van der Waals surface area (Å²) in [5.74, 6) is -1.64. The van der Waals surface area contributed by atoms with Gasteiger partial charge in [-0.15, -0.1) is 0 Å². The standard InChI is InChI=1S/C7H12O2.C4H6O2.C3H4O2.C2H4O3S.Na/c1-3-5-6-9-7(8)4-2;1-3-6-4(2)5;1-2-3(4)5;1-2-6(3,4)5;/h4H,2-3,5-6H2,1H3;3H,1H2,2H3;2H,1H2,(H,4,5);2H,1H2,(H,3,4,5);/q;;;;+1/p-1. The molecule has 0 bridgehead atoms. The maximum atomic E-state index is 10.3. The monoisotopic (exact) mass is 416 g/mol. The predicted octanol–water partition coefficient (Wildman–Crippen LogP) is -0.855. The molecule has 0 aliphatic heterocycles. The summed E-state index contributed by atoms with van der Waals surface area (Å²) in [6.07, 6.45) is 5.09. The second-order valence-electron chi connectivity index (χ2n) is 3.70. The van der Waals surface area contributed by atoms with Gasteiger partial charge >= 0.3 is 47.5 Å². The number of carboxylic acid groups (broad SMARTS) is 1. The molecule has 11 heteroatoms. The van der Waals surface area contributed by atoms with E-state index in [0.717, 1.165) is 25.2 Å². The molecule has 0 fully saturated rings. The van der Waals surface area contributed by atoms with Crippen molar-refractivity contribution >= 4 is 28.0 Å². The molecule has 0 heterocycles. The number of hydrogen-bond donors (Lipinski definition) is 1. The van der Waals surface area contributed by atoms with Gasteiger partial charge < -0.3 is 19.1 Å². The Bertz CT molecular complexity index is 543. The number of carboxylic acids is 1.